The zero-order valence-electron chi connectivity index (χ0n) is 18.4. The van der Waals surface area contributed by atoms with E-state index < -0.39 is 22.7 Å². The molecule has 0 spiro atoms. The SMILES string of the molecule is CC(C)CC1(C(=O)OC(C)(C)C)CC(C(=O)OC(C)(C)C)C(c2cccs2)N1. The number of rotatable bonds is 5. The molecule has 0 aromatic carbocycles. The monoisotopic (exact) mass is 409 g/mol. The van der Waals surface area contributed by atoms with E-state index in [-0.39, 0.29) is 23.9 Å². The highest BCUT2D eigenvalue weighted by atomic mass is 32.1. The molecule has 2 rings (SSSR count). The number of carbonyl (C=O) groups is 2. The molecule has 0 amide bonds. The molecular formula is C22H35NO4S. The van der Waals surface area contributed by atoms with Crippen LogP contribution in [0.1, 0.15) is 79.2 Å². The summed E-state index contributed by atoms with van der Waals surface area (Å²) in [6.45, 7) is 15.3. The first kappa shape index (κ1) is 22.9. The Kier molecular flexibility index (Phi) is 6.66. The molecule has 2 heterocycles. The minimum Gasteiger partial charge on any atom is -0.460 e. The summed E-state index contributed by atoms with van der Waals surface area (Å²) < 4.78 is 11.5. The molecule has 1 aliphatic rings. The van der Waals surface area contributed by atoms with Gasteiger partial charge >= 0.3 is 11.9 Å². The molecule has 0 saturated carbocycles. The summed E-state index contributed by atoms with van der Waals surface area (Å²) in [6, 6.07) is 3.70. The van der Waals surface area contributed by atoms with E-state index >= 15 is 0 Å². The Bertz CT molecular complexity index is 684. The zero-order valence-corrected chi connectivity index (χ0v) is 19.2. The fourth-order valence-corrected chi connectivity index (χ4v) is 4.57. The van der Waals surface area contributed by atoms with Crippen LogP contribution in [0, 0.1) is 11.8 Å². The molecule has 1 saturated heterocycles. The van der Waals surface area contributed by atoms with Crippen molar-refractivity contribution in [3.63, 3.8) is 0 Å². The number of hydrogen-bond donors (Lipinski definition) is 1. The van der Waals surface area contributed by atoms with Crippen LogP contribution >= 0.6 is 11.3 Å². The highest BCUT2D eigenvalue weighted by Gasteiger charge is 2.55. The lowest BCUT2D eigenvalue weighted by Gasteiger charge is -2.33. The van der Waals surface area contributed by atoms with Crippen LogP contribution in [0.4, 0.5) is 0 Å². The van der Waals surface area contributed by atoms with E-state index in [4.69, 9.17) is 9.47 Å². The van der Waals surface area contributed by atoms with E-state index in [0.29, 0.717) is 12.8 Å². The summed E-state index contributed by atoms with van der Waals surface area (Å²) in [6.07, 6.45) is 0.973. The Morgan fingerprint density at radius 2 is 1.79 bits per heavy atom. The Labute approximate surface area is 173 Å². The van der Waals surface area contributed by atoms with Crippen molar-refractivity contribution in [2.75, 3.05) is 0 Å². The number of nitrogens with one attached hydrogen (secondary N) is 1. The van der Waals surface area contributed by atoms with Crippen LogP contribution in [0.15, 0.2) is 17.5 Å². The highest BCUT2D eigenvalue weighted by molar-refractivity contribution is 7.10. The quantitative estimate of drug-likeness (QED) is 0.703. The number of carbonyl (C=O) groups excluding carboxylic acids is 2. The Morgan fingerprint density at radius 3 is 2.25 bits per heavy atom. The van der Waals surface area contributed by atoms with E-state index in [9.17, 15) is 9.59 Å². The zero-order chi connectivity index (χ0) is 21.3. The number of hydrogen-bond acceptors (Lipinski definition) is 6. The number of esters is 2. The van der Waals surface area contributed by atoms with Crippen LogP contribution in [0.25, 0.3) is 0 Å². The first-order valence-electron chi connectivity index (χ1n) is 10.00. The average Bonchev–Trinajstić information content (AvgIpc) is 3.10. The normalized spacial score (nSPS) is 25.8. The van der Waals surface area contributed by atoms with Crippen LogP contribution in [-0.4, -0.2) is 28.7 Å². The van der Waals surface area contributed by atoms with Gasteiger partial charge in [-0.2, -0.15) is 0 Å². The molecule has 6 heteroatoms. The second-order valence-corrected chi connectivity index (χ2v) is 11.1. The van der Waals surface area contributed by atoms with E-state index in [0.717, 1.165) is 4.88 Å². The molecule has 1 N–H and O–H groups in total. The first-order chi connectivity index (χ1) is 12.7. The average molecular weight is 410 g/mol. The van der Waals surface area contributed by atoms with Gasteiger partial charge in [0.1, 0.15) is 16.7 Å². The summed E-state index contributed by atoms with van der Waals surface area (Å²) in [5.74, 6) is -0.737. The van der Waals surface area contributed by atoms with Crippen molar-refractivity contribution in [3.8, 4) is 0 Å². The van der Waals surface area contributed by atoms with Crippen molar-refractivity contribution in [1.82, 2.24) is 5.32 Å². The second-order valence-electron chi connectivity index (χ2n) is 10.2. The highest BCUT2D eigenvalue weighted by Crippen LogP contribution is 2.44. The van der Waals surface area contributed by atoms with Gasteiger partial charge in [0.2, 0.25) is 0 Å². The van der Waals surface area contributed by atoms with E-state index in [1.165, 1.54) is 0 Å². The molecule has 0 bridgehead atoms. The molecule has 5 nitrogen and oxygen atoms in total. The lowest BCUT2D eigenvalue weighted by Crippen LogP contribution is -2.51. The maximum absolute atomic E-state index is 13.3. The van der Waals surface area contributed by atoms with Crippen LogP contribution in [0.5, 0.6) is 0 Å². The topological polar surface area (TPSA) is 64.6 Å². The summed E-state index contributed by atoms with van der Waals surface area (Å²) in [5, 5.41) is 5.50. The molecule has 3 unspecified atom stereocenters. The van der Waals surface area contributed by atoms with Gasteiger partial charge in [-0.05, 0) is 71.7 Å². The first-order valence-corrected chi connectivity index (χ1v) is 10.9. The molecule has 28 heavy (non-hydrogen) atoms. The molecule has 1 aromatic heterocycles. The molecule has 1 aliphatic heterocycles. The molecule has 1 aromatic rings. The van der Waals surface area contributed by atoms with Crippen molar-refractivity contribution in [3.05, 3.63) is 22.4 Å². The Balaban J connectivity index is 2.41. The molecule has 3 atom stereocenters. The predicted octanol–water partition coefficient (Wildman–Crippen LogP) is 4.87. The standard InChI is InChI=1S/C22H35NO4S/c1-14(2)12-22(19(25)27-21(6,7)8)13-15(18(24)26-20(3,4)5)17(23-22)16-10-9-11-28-16/h9-11,14-15,17,23H,12-13H2,1-8H3. The van der Waals surface area contributed by atoms with Crippen molar-refractivity contribution in [1.29, 1.82) is 0 Å². The van der Waals surface area contributed by atoms with Gasteiger partial charge in [-0.15, -0.1) is 11.3 Å². The minimum absolute atomic E-state index is 0.263. The van der Waals surface area contributed by atoms with Crippen LogP contribution < -0.4 is 5.32 Å². The largest absolute Gasteiger partial charge is 0.460 e. The Hall–Kier alpha value is -1.40. The van der Waals surface area contributed by atoms with Gasteiger partial charge in [0.25, 0.3) is 0 Å². The predicted molar refractivity (Wildman–Crippen MR) is 112 cm³/mol. The maximum Gasteiger partial charge on any atom is 0.326 e. The molecular weight excluding hydrogens is 374 g/mol. The van der Waals surface area contributed by atoms with Gasteiger partial charge in [-0.25, -0.2) is 0 Å². The van der Waals surface area contributed by atoms with Crippen LogP contribution in [0.2, 0.25) is 0 Å². The second kappa shape index (κ2) is 8.15. The minimum atomic E-state index is -0.905. The lowest BCUT2D eigenvalue weighted by molar-refractivity contribution is -0.164. The fraction of sp³-hybridized carbons (Fsp3) is 0.727. The maximum atomic E-state index is 13.3. The van der Waals surface area contributed by atoms with Gasteiger partial charge in [0, 0.05) is 4.88 Å². The smallest absolute Gasteiger partial charge is 0.326 e. The molecule has 158 valence electrons. The number of ether oxygens (including phenoxy) is 2. The van der Waals surface area contributed by atoms with Gasteiger partial charge in [-0.1, -0.05) is 19.9 Å². The van der Waals surface area contributed by atoms with E-state index in [2.05, 4.69) is 19.2 Å². The fourth-order valence-electron chi connectivity index (χ4n) is 3.73. The van der Waals surface area contributed by atoms with Gasteiger partial charge in [0.15, 0.2) is 0 Å². The van der Waals surface area contributed by atoms with Crippen LogP contribution in [0.3, 0.4) is 0 Å². The molecule has 0 aliphatic carbocycles. The Morgan fingerprint density at radius 1 is 1.18 bits per heavy atom. The van der Waals surface area contributed by atoms with Gasteiger partial charge in [-0.3, -0.25) is 14.9 Å². The van der Waals surface area contributed by atoms with Crippen molar-refractivity contribution in [2.45, 2.75) is 91.0 Å². The van der Waals surface area contributed by atoms with Gasteiger partial charge < -0.3 is 9.47 Å². The van der Waals surface area contributed by atoms with Gasteiger partial charge in [0.05, 0.1) is 12.0 Å². The molecule has 0 radical (unpaired) electrons. The van der Waals surface area contributed by atoms with Crippen molar-refractivity contribution < 1.29 is 19.1 Å². The summed E-state index contributed by atoms with van der Waals surface area (Å²) in [4.78, 5) is 27.3. The summed E-state index contributed by atoms with van der Waals surface area (Å²) >= 11 is 1.58. The third kappa shape index (κ3) is 5.80. The third-order valence-corrected chi connectivity index (χ3v) is 5.46. The number of thiophene rings is 1. The van der Waals surface area contributed by atoms with E-state index in [1.807, 2.05) is 59.1 Å². The lowest BCUT2D eigenvalue weighted by atomic mass is 9.84. The molecule has 1 fully saturated rings. The van der Waals surface area contributed by atoms with Crippen molar-refractivity contribution in [2.24, 2.45) is 11.8 Å². The summed E-state index contributed by atoms with van der Waals surface area (Å²) in [7, 11) is 0. The van der Waals surface area contributed by atoms with Crippen molar-refractivity contribution >= 4 is 23.3 Å². The third-order valence-electron chi connectivity index (χ3n) is 4.51. The van der Waals surface area contributed by atoms with E-state index in [1.54, 1.807) is 11.3 Å². The summed E-state index contributed by atoms with van der Waals surface area (Å²) in [5.41, 5.74) is -2.07. The van der Waals surface area contributed by atoms with Crippen LogP contribution in [-0.2, 0) is 19.1 Å².